The Morgan fingerprint density at radius 2 is 2.14 bits per heavy atom. The van der Waals surface area contributed by atoms with Gasteiger partial charge in [0, 0.05) is 43.5 Å². The summed E-state index contributed by atoms with van der Waals surface area (Å²) in [6.45, 7) is 5.79. The van der Waals surface area contributed by atoms with Crippen LogP contribution in [0.25, 0.3) is 0 Å². The third kappa shape index (κ3) is 6.48. The van der Waals surface area contributed by atoms with E-state index in [1.807, 2.05) is 6.07 Å². The van der Waals surface area contributed by atoms with Crippen LogP contribution in [0.1, 0.15) is 43.9 Å². The largest absolute Gasteiger partial charge is 0.370 e. The molecule has 2 N–H and O–H groups in total. The standard InChI is InChI=1S/C21H31N5OS/c1-2-10-22-19-15-20(25-16-24-19)26-12-8-17(9-13-26)5-6-21(27)23-11-7-18-4-3-14-28-18/h3-4,14-17H,2,5-13H2,1H3,(H,23,27)(H,22,24,25). The van der Waals surface area contributed by atoms with Crippen molar-refractivity contribution in [2.45, 2.75) is 45.4 Å². The number of hydrogen-bond donors (Lipinski definition) is 2. The zero-order valence-electron chi connectivity index (χ0n) is 16.7. The Balaban J connectivity index is 1.34. The van der Waals surface area contributed by atoms with Gasteiger partial charge in [-0.05, 0) is 49.5 Å². The predicted molar refractivity (Wildman–Crippen MR) is 116 cm³/mol. The molecule has 6 nitrogen and oxygen atoms in total. The number of carbonyl (C=O) groups excluding carboxylic acids is 1. The van der Waals surface area contributed by atoms with E-state index in [9.17, 15) is 4.79 Å². The normalized spacial score (nSPS) is 14.8. The van der Waals surface area contributed by atoms with Crippen molar-refractivity contribution in [3.05, 3.63) is 34.8 Å². The number of hydrogen-bond acceptors (Lipinski definition) is 6. The van der Waals surface area contributed by atoms with Gasteiger partial charge >= 0.3 is 0 Å². The van der Waals surface area contributed by atoms with E-state index in [1.54, 1.807) is 17.7 Å². The lowest BCUT2D eigenvalue weighted by atomic mass is 9.92. The monoisotopic (exact) mass is 401 g/mol. The maximum absolute atomic E-state index is 12.1. The van der Waals surface area contributed by atoms with E-state index >= 15 is 0 Å². The van der Waals surface area contributed by atoms with Gasteiger partial charge < -0.3 is 15.5 Å². The average molecular weight is 402 g/mol. The lowest BCUT2D eigenvalue weighted by molar-refractivity contribution is -0.121. The first-order chi connectivity index (χ1) is 13.7. The lowest BCUT2D eigenvalue weighted by Gasteiger charge is -2.32. The number of rotatable bonds is 10. The molecule has 0 atom stereocenters. The molecule has 0 unspecified atom stereocenters. The molecular formula is C21H31N5OS. The number of aromatic nitrogens is 2. The molecule has 7 heteroatoms. The lowest BCUT2D eigenvalue weighted by Crippen LogP contribution is -2.35. The van der Waals surface area contributed by atoms with E-state index in [4.69, 9.17) is 0 Å². The second-order valence-electron chi connectivity index (χ2n) is 7.34. The van der Waals surface area contributed by atoms with Crippen molar-refractivity contribution in [3.63, 3.8) is 0 Å². The summed E-state index contributed by atoms with van der Waals surface area (Å²) >= 11 is 1.74. The number of piperidine rings is 1. The number of amides is 1. The second kappa shape index (κ2) is 11.0. The Bertz CT molecular complexity index is 713. The molecule has 3 rings (SSSR count). The van der Waals surface area contributed by atoms with Crippen molar-refractivity contribution < 1.29 is 4.79 Å². The van der Waals surface area contributed by atoms with Crippen LogP contribution in [0.4, 0.5) is 11.6 Å². The molecule has 0 radical (unpaired) electrons. The van der Waals surface area contributed by atoms with Gasteiger partial charge in [-0.3, -0.25) is 4.79 Å². The summed E-state index contributed by atoms with van der Waals surface area (Å²) in [5.74, 6) is 2.70. The number of anilines is 2. The van der Waals surface area contributed by atoms with Crippen molar-refractivity contribution in [2.24, 2.45) is 5.92 Å². The molecule has 1 amide bonds. The Labute approximate surface area is 171 Å². The molecule has 3 heterocycles. The molecule has 1 aliphatic heterocycles. The highest BCUT2D eigenvalue weighted by molar-refractivity contribution is 7.09. The first-order valence-corrected chi connectivity index (χ1v) is 11.2. The molecule has 0 spiro atoms. The minimum absolute atomic E-state index is 0.182. The van der Waals surface area contributed by atoms with Gasteiger partial charge in [0.2, 0.25) is 5.91 Å². The van der Waals surface area contributed by atoms with Crippen LogP contribution in [0.15, 0.2) is 29.9 Å². The van der Waals surface area contributed by atoms with E-state index in [2.05, 4.69) is 49.9 Å². The molecule has 0 aliphatic carbocycles. The highest BCUT2D eigenvalue weighted by Gasteiger charge is 2.21. The van der Waals surface area contributed by atoms with Gasteiger partial charge in [0.25, 0.3) is 0 Å². The van der Waals surface area contributed by atoms with Crippen LogP contribution in [0, 0.1) is 5.92 Å². The fourth-order valence-electron chi connectivity index (χ4n) is 3.52. The van der Waals surface area contributed by atoms with Crippen molar-refractivity contribution >= 4 is 28.9 Å². The third-order valence-electron chi connectivity index (χ3n) is 5.20. The Morgan fingerprint density at radius 3 is 2.89 bits per heavy atom. The van der Waals surface area contributed by atoms with E-state index < -0.39 is 0 Å². The van der Waals surface area contributed by atoms with Crippen LogP contribution in [0.2, 0.25) is 0 Å². The highest BCUT2D eigenvalue weighted by atomic mass is 32.1. The summed E-state index contributed by atoms with van der Waals surface area (Å²) in [5.41, 5.74) is 0. The third-order valence-corrected chi connectivity index (χ3v) is 6.14. The summed E-state index contributed by atoms with van der Waals surface area (Å²) in [7, 11) is 0. The number of carbonyl (C=O) groups is 1. The average Bonchev–Trinajstić information content (AvgIpc) is 3.25. The van der Waals surface area contributed by atoms with Crippen molar-refractivity contribution in [1.82, 2.24) is 15.3 Å². The SMILES string of the molecule is CCCNc1cc(N2CCC(CCC(=O)NCCc3cccs3)CC2)ncn1. The Hall–Kier alpha value is -2.15. The van der Waals surface area contributed by atoms with E-state index in [-0.39, 0.29) is 5.91 Å². The molecule has 0 bridgehead atoms. The van der Waals surface area contributed by atoms with Gasteiger partial charge in [-0.25, -0.2) is 9.97 Å². The zero-order valence-corrected chi connectivity index (χ0v) is 17.5. The van der Waals surface area contributed by atoms with Crippen LogP contribution < -0.4 is 15.5 Å². The maximum atomic E-state index is 12.1. The fourth-order valence-corrected chi connectivity index (χ4v) is 4.23. The first-order valence-electron chi connectivity index (χ1n) is 10.3. The minimum Gasteiger partial charge on any atom is -0.370 e. The summed E-state index contributed by atoms with van der Waals surface area (Å²) < 4.78 is 0. The van der Waals surface area contributed by atoms with Crippen LogP contribution >= 0.6 is 11.3 Å². The van der Waals surface area contributed by atoms with E-state index in [1.165, 1.54) is 4.88 Å². The summed E-state index contributed by atoms with van der Waals surface area (Å²) in [4.78, 5) is 24.5. The number of nitrogens with one attached hydrogen (secondary N) is 2. The van der Waals surface area contributed by atoms with Gasteiger partial charge in [0.05, 0.1) is 0 Å². The first kappa shape index (κ1) is 20.6. The number of nitrogens with zero attached hydrogens (tertiary/aromatic N) is 3. The second-order valence-corrected chi connectivity index (χ2v) is 8.37. The summed E-state index contributed by atoms with van der Waals surface area (Å²) in [6.07, 6.45) is 7.48. The Kier molecular flexibility index (Phi) is 8.08. The maximum Gasteiger partial charge on any atom is 0.220 e. The van der Waals surface area contributed by atoms with Crippen molar-refractivity contribution in [1.29, 1.82) is 0 Å². The smallest absolute Gasteiger partial charge is 0.220 e. The van der Waals surface area contributed by atoms with E-state index in [0.29, 0.717) is 12.3 Å². The van der Waals surface area contributed by atoms with Crippen LogP contribution in [-0.2, 0) is 11.2 Å². The van der Waals surface area contributed by atoms with Gasteiger partial charge in [0.1, 0.15) is 18.0 Å². The van der Waals surface area contributed by atoms with Gasteiger partial charge in [-0.15, -0.1) is 11.3 Å². The predicted octanol–water partition coefficient (Wildman–Crippen LogP) is 3.72. The topological polar surface area (TPSA) is 70.2 Å². The van der Waals surface area contributed by atoms with Gasteiger partial charge in [-0.1, -0.05) is 13.0 Å². The van der Waals surface area contributed by atoms with Crippen LogP contribution in [0.3, 0.4) is 0 Å². The van der Waals surface area contributed by atoms with Crippen molar-refractivity contribution in [3.8, 4) is 0 Å². The molecule has 0 aromatic carbocycles. The fraction of sp³-hybridized carbons (Fsp3) is 0.571. The van der Waals surface area contributed by atoms with E-state index in [0.717, 1.165) is 69.9 Å². The van der Waals surface area contributed by atoms with Crippen LogP contribution in [0.5, 0.6) is 0 Å². The minimum atomic E-state index is 0.182. The Morgan fingerprint density at radius 1 is 1.29 bits per heavy atom. The summed E-state index contributed by atoms with van der Waals surface area (Å²) in [5, 5.41) is 8.45. The van der Waals surface area contributed by atoms with Crippen molar-refractivity contribution in [2.75, 3.05) is 36.4 Å². The molecule has 2 aromatic heterocycles. The molecule has 1 saturated heterocycles. The molecular weight excluding hydrogens is 370 g/mol. The molecule has 1 aliphatic rings. The molecule has 1 fully saturated rings. The molecule has 152 valence electrons. The molecule has 28 heavy (non-hydrogen) atoms. The quantitative estimate of drug-likeness (QED) is 0.635. The molecule has 0 saturated carbocycles. The zero-order chi connectivity index (χ0) is 19.6. The van der Waals surface area contributed by atoms with Gasteiger partial charge in [0.15, 0.2) is 0 Å². The van der Waals surface area contributed by atoms with Crippen LogP contribution in [-0.4, -0.2) is 42.1 Å². The number of thiophene rings is 1. The van der Waals surface area contributed by atoms with Gasteiger partial charge in [-0.2, -0.15) is 0 Å². The summed E-state index contributed by atoms with van der Waals surface area (Å²) in [6, 6.07) is 6.21. The highest BCUT2D eigenvalue weighted by Crippen LogP contribution is 2.25. The molecule has 2 aromatic rings.